The Labute approximate surface area is 118 Å². The zero-order valence-corrected chi connectivity index (χ0v) is 12.0. The van der Waals surface area contributed by atoms with Crippen LogP contribution in [0.3, 0.4) is 0 Å². The van der Waals surface area contributed by atoms with Crippen LogP contribution >= 0.6 is 0 Å². The van der Waals surface area contributed by atoms with E-state index >= 15 is 0 Å². The number of aromatic nitrogens is 2. The zero-order valence-electron chi connectivity index (χ0n) is 12.0. The van der Waals surface area contributed by atoms with Crippen molar-refractivity contribution in [3.05, 3.63) is 11.7 Å². The van der Waals surface area contributed by atoms with Crippen LogP contribution < -0.4 is 5.32 Å². The van der Waals surface area contributed by atoms with Gasteiger partial charge < -0.3 is 14.7 Å². The maximum absolute atomic E-state index is 12.3. The van der Waals surface area contributed by atoms with E-state index in [1.54, 1.807) is 0 Å². The van der Waals surface area contributed by atoms with E-state index in [1.807, 2.05) is 4.90 Å². The summed E-state index contributed by atoms with van der Waals surface area (Å²) in [7, 11) is 0. The molecule has 0 aromatic carbocycles. The van der Waals surface area contributed by atoms with E-state index in [0.29, 0.717) is 5.89 Å². The summed E-state index contributed by atoms with van der Waals surface area (Å²) in [6, 6.07) is 0.120. The Bertz CT molecular complexity index is 459. The number of carbonyl (C=O) groups excluding carboxylic acids is 1. The van der Waals surface area contributed by atoms with Crippen LogP contribution in [0, 0.1) is 5.92 Å². The Kier molecular flexibility index (Phi) is 4.00. The zero-order chi connectivity index (χ0) is 13.9. The second-order valence-corrected chi connectivity index (χ2v) is 5.75. The largest absolute Gasteiger partial charge is 0.337 e. The SMILES string of the molecule is CCC1CCN(C(=O)c2noc(C3CCCN3)n2)CC1. The molecule has 3 rings (SSSR count). The Morgan fingerprint density at radius 3 is 2.85 bits per heavy atom. The first-order chi connectivity index (χ1) is 9.78. The molecule has 20 heavy (non-hydrogen) atoms. The molecule has 0 spiro atoms. The Hall–Kier alpha value is -1.43. The first kappa shape index (κ1) is 13.5. The third-order valence-corrected chi connectivity index (χ3v) is 4.47. The van der Waals surface area contributed by atoms with Crippen molar-refractivity contribution in [2.45, 2.75) is 45.1 Å². The Morgan fingerprint density at radius 2 is 2.20 bits per heavy atom. The summed E-state index contributed by atoms with van der Waals surface area (Å²) in [5.41, 5.74) is 0. The summed E-state index contributed by atoms with van der Waals surface area (Å²) in [5, 5.41) is 7.15. The van der Waals surface area contributed by atoms with Gasteiger partial charge in [0.1, 0.15) is 0 Å². The monoisotopic (exact) mass is 278 g/mol. The molecule has 3 heterocycles. The fraction of sp³-hybridized carbons (Fsp3) is 0.786. The van der Waals surface area contributed by atoms with Crippen LogP contribution in [0.5, 0.6) is 0 Å². The lowest BCUT2D eigenvalue weighted by Gasteiger charge is -2.30. The number of rotatable bonds is 3. The summed E-state index contributed by atoms with van der Waals surface area (Å²) in [4.78, 5) is 18.5. The minimum absolute atomic E-state index is 0.0902. The average molecular weight is 278 g/mol. The molecular formula is C14H22N4O2. The van der Waals surface area contributed by atoms with Gasteiger partial charge >= 0.3 is 0 Å². The summed E-state index contributed by atoms with van der Waals surface area (Å²) < 4.78 is 5.23. The van der Waals surface area contributed by atoms with Crippen molar-refractivity contribution < 1.29 is 9.32 Å². The molecule has 1 unspecified atom stereocenters. The molecule has 2 aliphatic rings. The molecule has 2 saturated heterocycles. The molecule has 1 aromatic heterocycles. The molecule has 1 aromatic rings. The van der Waals surface area contributed by atoms with Crippen molar-refractivity contribution in [1.29, 1.82) is 0 Å². The van der Waals surface area contributed by atoms with Crippen LogP contribution in [0.4, 0.5) is 0 Å². The van der Waals surface area contributed by atoms with Crippen LogP contribution in [0.1, 0.15) is 61.6 Å². The van der Waals surface area contributed by atoms with Crippen molar-refractivity contribution in [3.63, 3.8) is 0 Å². The first-order valence-corrected chi connectivity index (χ1v) is 7.64. The van der Waals surface area contributed by atoms with E-state index in [2.05, 4.69) is 22.4 Å². The van der Waals surface area contributed by atoms with Crippen LogP contribution in [0.15, 0.2) is 4.52 Å². The fourth-order valence-electron chi connectivity index (χ4n) is 3.04. The van der Waals surface area contributed by atoms with Crippen molar-refractivity contribution >= 4 is 5.91 Å². The molecule has 0 radical (unpaired) electrons. The Morgan fingerprint density at radius 1 is 1.40 bits per heavy atom. The molecule has 1 atom stereocenters. The number of piperidine rings is 1. The topological polar surface area (TPSA) is 71.3 Å². The van der Waals surface area contributed by atoms with Crippen molar-refractivity contribution in [2.24, 2.45) is 5.92 Å². The maximum Gasteiger partial charge on any atom is 0.295 e. The van der Waals surface area contributed by atoms with Gasteiger partial charge in [-0.2, -0.15) is 4.98 Å². The highest BCUT2D eigenvalue weighted by molar-refractivity contribution is 5.90. The normalized spacial score (nSPS) is 24.2. The van der Waals surface area contributed by atoms with Crippen molar-refractivity contribution in [3.8, 4) is 0 Å². The summed E-state index contributed by atoms with van der Waals surface area (Å²) in [6.07, 6.45) is 5.47. The minimum atomic E-state index is -0.0902. The fourth-order valence-corrected chi connectivity index (χ4v) is 3.04. The molecule has 110 valence electrons. The van der Waals surface area contributed by atoms with E-state index in [-0.39, 0.29) is 17.8 Å². The van der Waals surface area contributed by atoms with Gasteiger partial charge in [-0.15, -0.1) is 0 Å². The number of nitrogens with one attached hydrogen (secondary N) is 1. The van der Waals surface area contributed by atoms with Gasteiger partial charge in [-0.25, -0.2) is 0 Å². The van der Waals surface area contributed by atoms with Crippen molar-refractivity contribution in [2.75, 3.05) is 19.6 Å². The average Bonchev–Trinajstić information content (AvgIpc) is 3.17. The van der Waals surface area contributed by atoms with Crippen molar-refractivity contribution in [1.82, 2.24) is 20.4 Å². The van der Waals surface area contributed by atoms with E-state index in [4.69, 9.17) is 4.52 Å². The predicted octanol–water partition coefficient (Wildman–Crippen LogP) is 1.76. The Balaban J connectivity index is 1.62. The molecule has 6 nitrogen and oxygen atoms in total. The number of amides is 1. The maximum atomic E-state index is 12.3. The third-order valence-electron chi connectivity index (χ3n) is 4.47. The quantitative estimate of drug-likeness (QED) is 0.912. The van der Waals surface area contributed by atoms with Gasteiger partial charge in [0, 0.05) is 13.1 Å². The summed E-state index contributed by atoms with van der Waals surface area (Å²) >= 11 is 0. The van der Waals surface area contributed by atoms with Gasteiger partial charge in [0.15, 0.2) is 0 Å². The van der Waals surface area contributed by atoms with E-state index in [1.165, 1.54) is 6.42 Å². The molecular weight excluding hydrogens is 256 g/mol. The predicted molar refractivity (Wildman–Crippen MR) is 73.2 cm³/mol. The van der Waals surface area contributed by atoms with Gasteiger partial charge in [0.2, 0.25) is 5.89 Å². The number of carbonyl (C=O) groups is 1. The van der Waals surface area contributed by atoms with Crippen LogP contribution in [-0.2, 0) is 0 Å². The summed E-state index contributed by atoms with van der Waals surface area (Å²) in [5.74, 6) is 1.42. The molecule has 6 heteroatoms. The number of nitrogens with zero attached hydrogens (tertiary/aromatic N) is 3. The number of hydrogen-bond donors (Lipinski definition) is 1. The van der Waals surface area contributed by atoms with Gasteiger partial charge in [-0.3, -0.25) is 4.79 Å². The second-order valence-electron chi connectivity index (χ2n) is 5.75. The number of hydrogen-bond acceptors (Lipinski definition) is 5. The van der Waals surface area contributed by atoms with Crippen LogP contribution in [0.25, 0.3) is 0 Å². The molecule has 1 amide bonds. The number of likely N-dealkylation sites (tertiary alicyclic amines) is 1. The van der Waals surface area contributed by atoms with Gasteiger partial charge in [0.05, 0.1) is 6.04 Å². The van der Waals surface area contributed by atoms with Gasteiger partial charge in [0.25, 0.3) is 11.7 Å². The van der Waals surface area contributed by atoms with Gasteiger partial charge in [-0.05, 0) is 38.1 Å². The molecule has 0 aliphatic carbocycles. The highest BCUT2D eigenvalue weighted by atomic mass is 16.5. The lowest BCUT2D eigenvalue weighted by atomic mass is 9.94. The van der Waals surface area contributed by atoms with Gasteiger partial charge in [-0.1, -0.05) is 18.5 Å². The molecule has 2 aliphatic heterocycles. The molecule has 2 fully saturated rings. The highest BCUT2D eigenvalue weighted by Crippen LogP contribution is 2.23. The molecule has 0 saturated carbocycles. The minimum Gasteiger partial charge on any atom is -0.337 e. The highest BCUT2D eigenvalue weighted by Gasteiger charge is 2.28. The van der Waals surface area contributed by atoms with E-state index in [0.717, 1.165) is 51.2 Å². The molecule has 0 bridgehead atoms. The van der Waals surface area contributed by atoms with Crippen LogP contribution in [0.2, 0.25) is 0 Å². The third kappa shape index (κ3) is 2.70. The second kappa shape index (κ2) is 5.91. The summed E-state index contributed by atoms with van der Waals surface area (Å²) in [6.45, 7) is 4.80. The van der Waals surface area contributed by atoms with Crippen LogP contribution in [-0.4, -0.2) is 40.6 Å². The van der Waals surface area contributed by atoms with E-state index in [9.17, 15) is 4.79 Å². The lowest BCUT2D eigenvalue weighted by molar-refractivity contribution is 0.0673. The lowest BCUT2D eigenvalue weighted by Crippen LogP contribution is -2.38. The standard InChI is InChI=1S/C14H22N4O2/c1-2-10-5-8-18(9-6-10)14(19)12-16-13(20-17-12)11-4-3-7-15-11/h10-11,15H,2-9H2,1H3. The van der Waals surface area contributed by atoms with E-state index < -0.39 is 0 Å². The first-order valence-electron chi connectivity index (χ1n) is 7.64. The smallest absolute Gasteiger partial charge is 0.295 e. The molecule has 1 N–H and O–H groups in total.